The van der Waals surface area contributed by atoms with Crippen molar-refractivity contribution in [2.45, 2.75) is 221 Å². The number of hydrogen-bond acceptors (Lipinski definition) is 3. The third-order valence-corrected chi connectivity index (χ3v) is 10.8. The van der Waals surface area contributed by atoms with Gasteiger partial charge in [0.2, 0.25) is 0 Å². The van der Waals surface area contributed by atoms with Crippen LogP contribution in [-0.4, -0.2) is 70.6 Å². The van der Waals surface area contributed by atoms with Crippen LogP contribution in [0.2, 0.25) is 0 Å². The minimum atomic E-state index is 0.341. The zero-order valence-corrected chi connectivity index (χ0v) is 38.6. The van der Waals surface area contributed by atoms with Crippen LogP contribution in [0.3, 0.4) is 0 Å². The van der Waals surface area contributed by atoms with Crippen LogP contribution in [0.15, 0.2) is 0 Å². The second-order valence-corrected chi connectivity index (χ2v) is 20.5. The van der Waals surface area contributed by atoms with Gasteiger partial charge < -0.3 is 0 Å². The van der Waals surface area contributed by atoms with Gasteiger partial charge in [0.25, 0.3) is 0 Å². The molecule has 3 fully saturated rings. The maximum atomic E-state index is 2.68. The molecular weight excluding hydrogens is 583 g/mol. The summed E-state index contributed by atoms with van der Waals surface area (Å²) in [6, 6.07) is 0. The Morgan fingerprint density at radius 3 is 0.812 bits per heavy atom. The van der Waals surface area contributed by atoms with E-state index < -0.39 is 0 Å². The summed E-state index contributed by atoms with van der Waals surface area (Å²) in [5, 5.41) is 0. The third-order valence-electron chi connectivity index (χ3n) is 10.8. The van der Waals surface area contributed by atoms with Crippen LogP contribution in [0.1, 0.15) is 205 Å². The first-order valence-corrected chi connectivity index (χ1v) is 20.9. The van der Waals surface area contributed by atoms with E-state index in [2.05, 4.69) is 139 Å². The van der Waals surface area contributed by atoms with Crippen LogP contribution < -0.4 is 0 Å². The number of rotatable bonds is 0. The fourth-order valence-corrected chi connectivity index (χ4v) is 6.83. The summed E-state index contributed by atoms with van der Waals surface area (Å²) in [4.78, 5) is 7.94. The molecule has 0 aromatic heterocycles. The molecule has 3 heteroatoms. The number of piperidine rings is 1. The summed E-state index contributed by atoms with van der Waals surface area (Å²) in [5.74, 6) is 2.61. The van der Waals surface area contributed by atoms with Crippen LogP contribution in [0.4, 0.5) is 0 Å². The molecule has 3 unspecified atom stereocenters. The number of nitrogens with zero attached hydrogens (tertiary/aromatic N) is 3. The summed E-state index contributed by atoms with van der Waals surface area (Å²) >= 11 is 0. The predicted molar refractivity (Wildman–Crippen MR) is 225 cm³/mol. The van der Waals surface area contributed by atoms with E-state index in [0.29, 0.717) is 32.9 Å². The Hall–Kier alpha value is -0.120. The molecule has 0 N–H and O–H groups in total. The fraction of sp³-hybridized carbons (Fsp3) is 1.00. The second-order valence-electron chi connectivity index (χ2n) is 20.5. The van der Waals surface area contributed by atoms with Crippen molar-refractivity contribution in [1.82, 2.24) is 14.7 Å². The van der Waals surface area contributed by atoms with Gasteiger partial charge in [-0.2, -0.15) is 0 Å². The third kappa shape index (κ3) is 21.3. The van der Waals surface area contributed by atoms with Crippen LogP contribution in [0.5, 0.6) is 0 Å². The molecule has 3 atom stereocenters. The molecule has 0 radical (unpaired) electrons. The lowest BCUT2D eigenvalue weighted by Gasteiger charge is -2.45. The first-order chi connectivity index (χ1) is 21.6. The summed E-state index contributed by atoms with van der Waals surface area (Å²) in [6.07, 6.45) is 8.37. The number of likely N-dealkylation sites (tertiary alicyclic amines) is 3. The standard InChI is InChI=1S/C14H29N.C13H27N.C12H25N.3C2H6/c1-13(2,3)12-9-7-8-10-15(11-12)14(4,5)6;1-12(2,3)11-8-7-9-14(10-11)13(4,5)6;1-11(2,3)10-7-8-13(9-10)12(4,5)6;3*1-2/h12H,7-11H2,1-6H3;11H,7-10H2,1-6H3;10H,7-9H2,1-6H3;3*1-2H3. The molecule has 3 saturated heterocycles. The first-order valence-electron chi connectivity index (χ1n) is 20.9. The molecule has 3 heterocycles. The normalized spacial score (nSPS) is 23.6. The minimum absolute atomic E-state index is 0.341. The van der Waals surface area contributed by atoms with E-state index >= 15 is 0 Å². The quantitative estimate of drug-likeness (QED) is 0.252. The van der Waals surface area contributed by atoms with Crippen LogP contribution in [0, 0.1) is 34.0 Å². The Morgan fingerprint density at radius 2 is 0.562 bits per heavy atom. The van der Waals surface area contributed by atoms with E-state index in [1.54, 1.807) is 0 Å². The van der Waals surface area contributed by atoms with Crippen molar-refractivity contribution in [1.29, 1.82) is 0 Å². The van der Waals surface area contributed by atoms with E-state index in [4.69, 9.17) is 0 Å². The monoisotopic (exact) mass is 682 g/mol. The maximum Gasteiger partial charge on any atom is 0.0125 e. The van der Waals surface area contributed by atoms with Crippen LogP contribution in [-0.2, 0) is 0 Å². The average Bonchev–Trinajstić information content (AvgIpc) is 3.35. The van der Waals surface area contributed by atoms with Crippen molar-refractivity contribution in [3.05, 3.63) is 0 Å². The Balaban J connectivity index is -0.000000586. The van der Waals surface area contributed by atoms with Gasteiger partial charge in [-0.25, -0.2) is 0 Å². The molecule has 48 heavy (non-hydrogen) atoms. The van der Waals surface area contributed by atoms with Crippen molar-refractivity contribution in [3.63, 3.8) is 0 Å². The lowest BCUT2D eigenvalue weighted by molar-refractivity contribution is 0.0388. The van der Waals surface area contributed by atoms with Gasteiger partial charge in [-0.15, -0.1) is 0 Å². The summed E-state index contributed by atoms with van der Waals surface area (Å²) in [6.45, 7) is 62.1. The highest BCUT2D eigenvalue weighted by Gasteiger charge is 2.36. The van der Waals surface area contributed by atoms with E-state index in [9.17, 15) is 0 Å². The Kier molecular flexibility index (Phi) is 24.7. The van der Waals surface area contributed by atoms with Gasteiger partial charge in [0, 0.05) is 36.3 Å². The molecule has 3 nitrogen and oxygen atoms in total. The Labute approximate surface area is 308 Å². The smallest absolute Gasteiger partial charge is 0.0125 e. The van der Waals surface area contributed by atoms with Gasteiger partial charge in [-0.3, -0.25) is 14.7 Å². The van der Waals surface area contributed by atoms with Crippen LogP contribution in [0.25, 0.3) is 0 Å². The van der Waals surface area contributed by atoms with Gasteiger partial charge in [0.15, 0.2) is 0 Å². The number of hydrogen-bond donors (Lipinski definition) is 0. The van der Waals surface area contributed by atoms with E-state index in [1.807, 2.05) is 41.5 Å². The minimum Gasteiger partial charge on any atom is -0.298 e. The molecule has 3 rings (SSSR count). The molecule has 0 amide bonds. The van der Waals surface area contributed by atoms with E-state index in [0.717, 1.165) is 17.8 Å². The lowest BCUT2D eigenvalue weighted by atomic mass is 9.75. The van der Waals surface area contributed by atoms with Gasteiger partial charge >= 0.3 is 0 Å². The highest BCUT2D eigenvalue weighted by Crippen LogP contribution is 2.37. The predicted octanol–water partition coefficient (Wildman–Crippen LogP) is 13.7. The van der Waals surface area contributed by atoms with Gasteiger partial charge in [0.1, 0.15) is 0 Å². The van der Waals surface area contributed by atoms with E-state index in [-0.39, 0.29) is 0 Å². The molecule has 294 valence electrons. The fourth-order valence-electron chi connectivity index (χ4n) is 6.83. The van der Waals surface area contributed by atoms with Crippen molar-refractivity contribution >= 4 is 0 Å². The molecule has 0 aromatic carbocycles. The largest absolute Gasteiger partial charge is 0.298 e. The zero-order chi connectivity index (χ0) is 38.9. The molecule has 0 bridgehead atoms. The van der Waals surface area contributed by atoms with Gasteiger partial charge in [-0.05, 0) is 148 Å². The second kappa shape index (κ2) is 22.7. The first kappa shape index (κ1) is 52.2. The summed E-state index contributed by atoms with van der Waals surface area (Å²) in [7, 11) is 0. The SMILES string of the molecule is CC.CC.CC.CC(C)(C)C1CCCCN(C(C)(C)C)C1.CC(C)(C)C1CCCN(C(C)(C)C)C1.CC(C)(C)C1CCN(C(C)(C)C)C1. The zero-order valence-electron chi connectivity index (χ0n) is 38.6. The average molecular weight is 682 g/mol. The molecule has 0 aliphatic carbocycles. The molecule has 3 aliphatic rings. The van der Waals surface area contributed by atoms with Crippen LogP contribution >= 0.6 is 0 Å². The Bertz CT molecular complexity index is 695. The van der Waals surface area contributed by atoms with E-state index in [1.165, 1.54) is 77.8 Å². The molecule has 0 aromatic rings. The molecule has 0 spiro atoms. The topological polar surface area (TPSA) is 9.72 Å². The lowest BCUT2D eigenvalue weighted by Crippen LogP contribution is -2.49. The maximum absolute atomic E-state index is 2.68. The van der Waals surface area contributed by atoms with Crippen molar-refractivity contribution in [3.8, 4) is 0 Å². The molecular formula is C45H99N3. The highest BCUT2D eigenvalue weighted by molar-refractivity contribution is 4.90. The van der Waals surface area contributed by atoms with Crippen molar-refractivity contribution in [2.24, 2.45) is 34.0 Å². The summed E-state index contributed by atoms with van der Waals surface area (Å²) < 4.78 is 0. The summed E-state index contributed by atoms with van der Waals surface area (Å²) in [5.41, 5.74) is 2.48. The van der Waals surface area contributed by atoms with Crippen molar-refractivity contribution in [2.75, 3.05) is 39.3 Å². The highest BCUT2D eigenvalue weighted by atomic mass is 15.2. The Morgan fingerprint density at radius 1 is 0.312 bits per heavy atom. The molecule has 3 aliphatic heterocycles. The van der Waals surface area contributed by atoms with Gasteiger partial charge in [-0.1, -0.05) is 110 Å². The van der Waals surface area contributed by atoms with Crippen molar-refractivity contribution < 1.29 is 0 Å². The van der Waals surface area contributed by atoms with Gasteiger partial charge in [0.05, 0.1) is 0 Å². The molecule has 0 saturated carbocycles.